The first-order valence-corrected chi connectivity index (χ1v) is 6.86. The second-order valence-electron chi connectivity index (χ2n) is 5.82. The SMILES string of the molecule is Cn1cc(CCNCC2(C)CCCCC2)cn1. The van der Waals surface area contributed by atoms with Crippen LogP contribution in [0, 0.1) is 5.41 Å². The van der Waals surface area contributed by atoms with Gasteiger partial charge in [-0.15, -0.1) is 0 Å². The Morgan fingerprint density at radius 3 is 2.76 bits per heavy atom. The first kappa shape index (κ1) is 12.6. The molecule has 2 rings (SSSR count). The zero-order chi connectivity index (χ0) is 12.1. The molecular weight excluding hydrogens is 210 g/mol. The summed E-state index contributed by atoms with van der Waals surface area (Å²) in [5, 5.41) is 7.80. The van der Waals surface area contributed by atoms with Gasteiger partial charge in [-0.1, -0.05) is 26.2 Å². The predicted octanol–water partition coefficient (Wildman–Crippen LogP) is 2.52. The Labute approximate surface area is 105 Å². The van der Waals surface area contributed by atoms with E-state index in [2.05, 4.69) is 23.5 Å². The fourth-order valence-electron chi connectivity index (χ4n) is 2.81. The maximum Gasteiger partial charge on any atom is 0.0522 e. The topological polar surface area (TPSA) is 29.9 Å². The molecule has 1 N–H and O–H groups in total. The number of nitrogens with zero attached hydrogens (tertiary/aromatic N) is 2. The number of hydrogen-bond acceptors (Lipinski definition) is 2. The summed E-state index contributed by atoms with van der Waals surface area (Å²) in [7, 11) is 1.97. The molecule has 0 aliphatic heterocycles. The van der Waals surface area contributed by atoms with Gasteiger partial charge in [-0.05, 0) is 36.8 Å². The van der Waals surface area contributed by atoms with Crippen LogP contribution in [0.15, 0.2) is 12.4 Å². The molecule has 3 nitrogen and oxygen atoms in total. The normalized spacial score (nSPS) is 19.4. The van der Waals surface area contributed by atoms with E-state index in [0.717, 1.165) is 13.0 Å². The summed E-state index contributed by atoms with van der Waals surface area (Å²) in [5.41, 5.74) is 1.88. The summed E-state index contributed by atoms with van der Waals surface area (Å²) in [4.78, 5) is 0. The number of nitrogens with one attached hydrogen (secondary N) is 1. The van der Waals surface area contributed by atoms with E-state index in [9.17, 15) is 0 Å². The highest BCUT2D eigenvalue weighted by molar-refractivity contribution is 5.03. The molecule has 96 valence electrons. The Bertz CT molecular complexity index is 337. The molecule has 0 bridgehead atoms. The molecule has 0 radical (unpaired) electrons. The van der Waals surface area contributed by atoms with Crippen LogP contribution in [0.1, 0.15) is 44.6 Å². The lowest BCUT2D eigenvalue weighted by atomic mass is 9.76. The van der Waals surface area contributed by atoms with Crippen molar-refractivity contribution in [3.63, 3.8) is 0 Å². The molecule has 1 aromatic heterocycles. The third kappa shape index (κ3) is 3.84. The van der Waals surface area contributed by atoms with E-state index in [0.29, 0.717) is 5.41 Å². The molecule has 1 aliphatic carbocycles. The molecule has 1 saturated carbocycles. The summed E-state index contributed by atoms with van der Waals surface area (Å²) < 4.78 is 1.87. The third-order valence-corrected chi connectivity index (χ3v) is 3.96. The maximum absolute atomic E-state index is 4.19. The zero-order valence-electron chi connectivity index (χ0n) is 11.2. The van der Waals surface area contributed by atoms with Crippen molar-refractivity contribution in [3.8, 4) is 0 Å². The van der Waals surface area contributed by atoms with Crippen LogP contribution >= 0.6 is 0 Å². The Balaban J connectivity index is 1.65. The molecular formula is C14H25N3. The molecule has 1 aromatic rings. The van der Waals surface area contributed by atoms with Crippen LogP contribution < -0.4 is 5.32 Å². The molecule has 1 fully saturated rings. The van der Waals surface area contributed by atoms with Crippen LogP contribution in [0.25, 0.3) is 0 Å². The van der Waals surface area contributed by atoms with Crippen LogP contribution in [0.2, 0.25) is 0 Å². The van der Waals surface area contributed by atoms with Gasteiger partial charge in [0.15, 0.2) is 0 Å². The largest absolute Gasteiger partial charge is 0.316 e. The zero-order valence-corrected chi connectivity index (χ0v) is 11.2. The number of rotatable bonds is 5. The lowest BCUT2D eigenvalue weighted by molar-refractivity contribution is 0.208. The third-order valence-electron chi connectivity index (χ3n) is 3.96. The monoisotopic (exact) mass is 235 g/mol. The van der Waals surface area contributed by atoms with E-state index in [1.54, 1.807) is 0 Å². The Kier molecular flexibility index (Phi) is 4.21. The minimum absolute atomic E-state index is 0.549. The van der Waals surface area contributed by atoms with Gasteiger partial charge < -0.3 is 5.32 Å². The van der Waals surface area contributed by atoms with E-state index >= 15 is 0 Å². The van der Waals surface area contributed by atoms with Crippen LogP contribution in [-0.4, -0.2) is 22.9 Å². The van der Waals surface area contributed by atoms with Crippen molar-refractivity contribution in [1.29, 1.82) is 0 Å². The van der Waals surface area contributed by atoms with Crippen LogP contribution in [0.3, 0.4) is 0 Å². The lowest BCUT2D eigenvalue weighted by Crippen LogP contribution is -2.34. The highest BCUT2D eigenvalue weighted by Crippen LogP contribution is 2.34. The van der Waals surface area contributed by atoms with E-state index in [-0.39, 0.29) is 0 Å². The molecule has 0 unspecified atom stereocenters. The van der Waals surface area contributed by atoms with Gasteiger partial charge in [-0.25, -0.2) is 0 Å². The number of aryl methyl sites for hydroxylation is 1. The minimum atomic E-state index is 0.549. The van der Waals surface area contributed by atoms with Crippen LogP contribution in [0.4, 0.5) is 0 Å². The van der Waals surface area contributed by atoms with Gasteiger partial charge in [-0.3, -0.25) is 4.68 Å². The maximum atomic E-state index is 4.19. The first-order valence-electron chi connectivity index (χ1n) is 6.86. The fourth-order valence-corrected chi connectivity index (χ4v) is 2.81. The summed E-state index contributed by atoms with van der Waals surface area (Å²) >= 11 is 0. The second-order valence-corrected chi connectivity index (χ2v) is 5.82. The molecule has 3 heteroatoms. The smallest absolute Gasteiger partial charge is 0.0522 e. The van der Waals surface area contributed by atoms with Gasteiger partial charge in [0, 0.05) is 19.8 Å². The average molecular weight is 235 g/mol. The van der Waals surface area contributed by atoms with Crippen molar-refractivity contribution in [2.75, 3.05) is 13.1 Å². The van der Waals surface area contributed by atoms with Crippen molar-refractivity contribution in [2.24, 2.45) is 12.5 Å². The molecule has 1 heterocycles. The van der Waals surface area contributed by atoms with Crippen LogP contribution in [-0.2, 0) is 13.5 Å². The molecule has 1 aliphatic rings. The van der Waals surface area contributed by atoms with E-state index in [1.807, 2.05) is 17.9 Å². The van der Waals surface area contributed by atoms with Gasteiger partial charge in [-0.2, -0.15) is 5.10 Å². The molecule has 0 atom stereocenters. The molecule has 0 amide bonds. The van der Waals surface area contributed by atoms with Gasteiger partial charge in [0.1, 0.15) is 0 Å². The minimum Gasteiger partial charge on any atom is -0.316 e. The van der Waals surface area contributed by atoms with E-state index < -0.39 is 0 Å². The Morgan fingerprint density at radius 2 is 2.12 bits per heavy atom. The first-order chi connectivity index (χ1) is 8.18. The Hall–Kier alpha value is -0.830. The van der Waals surface area contributed by atoms with E-state index in [1.165, 1.54) is 44.2 Å². The van der Waals surface area contributed by atoms with Gasteiger partial charge in [0.05, 0.1) is 6.20 Å². The standard InChI is InChI=1S/C14H25N3/c1-14(7-4-3-5-8-14)12-15-9-6-13-10-16-17(2)11-13/h10-11,15H,3-9,12H2,1-2H3. The number of aromatic nitrogens is 2. The summed E-state index contributed by atoms with van der Waals surface area (Å²) in [6.45, 7) is 4.68. The molecule has 0 saturated heterocycles. The van der Waals surface area contributed by atoms with Gasteiger partial charge in [0.2, 0.25) is 0 Å². The molecule has 0 aromatic carbocycles. The lowest BCUT2D eigenvalue weighted by Gasteiger charge is -2.33. The van der Waals surface area contributed by atoms with Crippen molar-refractivity contribution in [2.45, 2.75) is 45.4 Å². The van der Waals surface area contributed by atoms with Crippen LogP contribution in [0.5, 0.6) is 0 Å². The average Bonchev–Trinajstić information content (AvgIpc) is 2.72. The molecule has 17 heavy (non-hydrogen) atoms. The summed E-state index contributed by atoms with van der Waals surface area (Å²) in [6.07, 6.45) is 12.2. The predicted molar refractivity (Wildman–Crippen MR) is 71.0 cm³/mol. The summed E-state index contributed by atoms with van der Waals surface area (Å²) in [6, 6.07) is 0. The van der Waals surface area contributed by atoms with Crippen molar-refractivity contribution >= 4 is 0 Å². The summed E-state index contributed by atoms with van der Waals surface area (Å²) in [5.74, 6) is 0. The van der Waals surface area contributed by atoms with Gasteiger partial charge >= 0.3 is 0 Å². The van der Waals surface area contributed by atoms with E-state index in [4.69, 9.17) is 0 Å². The number of hydrogen-bond donors (Lipinski definition) is 1. The Morgan fingerprint density at radius 1 is 1.35 bits per heavy atom. The fraction of sp³-hybridized carbons (Fsp3) is 0.786. The highest BCUT2D eigenvalue weighted by Gasteiger charge is 2.25. The van der Waals surface area contributed by atoms with Crippen molar-refractivity contribution in [3.05, 3.63) is 18.0 Å². The van der Waals surface area contributed by atoms with Gasteiger partial charge in [0.25, 0.3) is 0 Å². The van der Waals surface area contributed by atoms with Crippen molar-refractivity contribution < 1.29 is 0 Å². The second kappa shape index (κ2) is 5.67. The highest BCUT2D eigenvalue weighted by atomic mass is 15.2. The quantitative estimate of drug-likeness (QED) is 0.795. The molecule has 0 spiro atoms. The van der Waals surface area contributed by atoms with Crippen molar-refractivity contribution in [1.82, 2.24) is 15.1 Å².